The van der Waals surface area contributed by atoms with Crippen molar-refractivity contribution in [1.82, 2.24) is 20.5 Å². The summed E-state index contributed by atoms with van der Waals surface area (Å²) in [5, 5.41) is 10.2. The van der Waals surface area contributed by atoms with Crippen molar-refractivity contribution in [2.75, 3.05) is 31.2 Å². The highest BCUT2D eigenvalue weighted by molar-refractivity contribution is 7.91. The topological polar surface area (TPSA) is 117 Å². The Morgan fingerprint density at radius 2 is 1.68 bits per heavy atom. The summed E-state index contributed by atoms with van der Waals surface area (Å²) in [5.41, 5.74) is 2.81. The molecule has 0 atom stereocenters. The van der Waals surface area contributed by atoms with Crippen LogP contribution in [0.4, 0.5) is 5.69 Å². The first-order chi connectivity index (χ1) is 16.5. The molecule has 9 nitrogen and oxygen atoms in total. The number of nitrogens with zero attached hydrogens (tertiary/aromatic N) is 3. The third kappa shape index (κ3) is 4.50. The van der Waals surface area contributed by atoms with E-state index in [-0.39, 0.29) is 22.2 Å². The lowest BCUT2D eigenvalue weighted by molar-refractivity contribution is 0.0950. The van der Waals surface area contributed by atoms with Crippen LogP contribution < -0.4 is 10.2 Å². The summed E-state index contributed by atoms with van der Waals surface area (Å²) in [7, 11) is -3.64. The lowest BCUT2D eigenvalue weighted by Gasteiger charge is -2.28. The maximum Gasteiger partial charge on any atom is 0.253 e. The second kappa shape index (κ2) is 9.24. The van der Waals surface area contributed by atoms with Crippen LogP contribution in [0.3, 0.4) is 0 Å². The van der Waals surface area contributed by atoms with Crippen LogP contribution in [0.15, 0.2) is 76.8 Å². The maximum absolute atomic E-state index is 13.1. The molecule has 1 fully saturated rings. The number of carbonyl (C=O) groups excluding carboxylic acids is 1. The van der Waals surface area contributed by atoms with Crippen molar-refractivity contribution in [1.29, 1.82) is 0 Å². The van der Waals surface area contributed by atoms with Gasteiger partial charge in [0, 0.05) is 36.9 Å². The molecule has 174 valence electrons. The average molecular weight is 478 g/mol. The van der Waals surface area contributed by atoms with Gasteiger partial charge in [-0.2, -0.15) is 5.10 Å². The molecular weight excluding hydrogens is 454 g/mol. The molecule has 4 aromatic rings. The van der Waals surface area contributed by atoms with E-state index in [0.29, 0.717) is 24.4 Å². The van der Waals surface area contributed by atoms with Crippen LogP contribution >= 0.6 is 0 Å². The van der Waals surface area contributed by atoms with Crippen LogP contribution in [0.2, 0.25) is 0 Å². The van der Waals surface area contributed by atoms with Crippen LogP contribution in [0.1, 0.15) is 15.9 Å². The number of pyridine rings is 1. The minimum atomic E-state index is -3.64. The van der Waals surface area contributed by atoms with Crippen molar-refractivity contribution in [3.63, 3.8) is 0 Å². The molecule has 0 saturated carbocycles. The van der Waals surface area contributed by atoms with Gasteiger partial charge < -0.3 is 15.0 Å². The predicted molar refractivity (Wildman–Crippen MR) is 126 cm³/mol. The second-order valence-electron chi connectivity index (χ2n) is 7.96. The molecule has 1 aliphatic rings. The molecule has 34 heavy (non-hydrogen) atoms. The number of hydrogen-bond donors (Lipinski definition) is 2. The van der Waals surface area contributed by atoms with E-state index in [1.807, 2.05) is 12.1 Å². The van der Waals surface area contributed by atoms with Crippen molar-refractivity contribution in [2.24, 2.45) is 0 Å². The SMILES string of the molecule is O=C(NCc1ccc(S(=O)(=O)c2ccc(N3CCOCC3)cc2)cc1)c1cnc2[nH]ncc2c1. The number of ether oxygens (including phenoxy) is 1. The summed E-state index contributed by atoms with van der Waals surface area (Å²) in [6, 6.07) is 15.2. The number of morpholine rings is 1. The minimum Gasteiger partial charge on any atom is -0.378 e. The Labute approximate surface area is 196 Å². The van der Waals surface area contributed by atoms with Crippen molar-refractivity contribution in [3.8, 4) is 0 Å². The van der Waals surface area contributed by atoms with Crippen LogP contribution in [-0.4, -0.2) is 55.8 Å². The van der Waals surface area contributed by atoms with Crippen LogP contribution in [0.5, 0.6) is 0 Å². The molecule has 0 bridgehead atoms. The quantitative estimate of drug-likeness (QED) is 0.438. The van der Waals surface area contributed by atoms with E-state index in [1.54, 1.807) is 48.7 Å². The van der Waals surface area contributed by atoms with Gasteiger partial charge in [-0.1, -0.05) is 12.1 Å². The molecular formula is C24H23N5O4S. The van der Waals surface area contributed by atoms with E-state index in [2.05, 4.69) is 25.4 Å². The number of H-pyrrole nitrogens is 1. The molecule has 1 aliphatic heterocycles. The van der Waals surface area contributed by atoms with Gasteiger partial charge in [0.15, 0.2) is 5.65 Å². The third-order valence-electron chi connectivity index (χ3n) is 5.76. The van der Waals surface area contributed by atoms with E-state index >= 15 is 0 Å². The van der Waals surface area contributed by atoms with Gasteiger partial charge in [0.25, 0.3) is 5.91 Å². The highest BCUT2D eigenvalue weighted by atomic mass is 32.2. The molecule has 0 spiro atoms. The zero-order valence-electron chi connectivity index (χ0n) is 18.3. The molecule has 1 saturated heterocycles. The molecule has 2 N–H and O–H groups in total. The molecule has 2 aromatic heterocycles. The average Bonchev–Trinajstić information content (AvgIpc) is 3.36. The zero-order chi connectivity index (χ0) is 23.5. The van der Waals surface area contributed by atoms with E-state index < -0.39 is 9.84 Å². The number of rotatable bonds is 6. The van der Waals surface area contributed by atoms with Crippen LogP contribution in [0, 0.1) is 0 Å². The van der Waals surface area contributed by atoms with Gasteiger partial charge >= 0.3 is 0 Å². The molecule has 5 rings (SSSR count). The Morgan fingerprint density at radius 1 is 1.00 bits per heavy atom. The lowest BCUT2D eigenvalue weighted by atomic mass is 10.2. The molecule has 2 aromatic carbocycles. The van der Waals surface area contributed by atoms with Crippen LogP contribution in [0.25, 0.3) is 11.0 Å². The van der Waals surface area contributed by atoms with E-state index in [1.165, 1.54) is 6.20 Å². The van der Waals surface area contributed by atoms with Gasteiger partial charge in [0.05, 0.1) is 34.8 Å². The fraction of sp³-hybridized carbons (Fsp3) is 0.208. The Kier molecular flexibility index (Phi) is 5.99. The summed E-state index contributed by atoms with van der Waals surface area (Å²) in [4.78, 5) is 19.2. The number of nitrogens with one attached hydrogen (secondary N) is 2. The molecule has 0 radical (unpaired) electrons. The molecule has 1 amide bonds. The molecule has 0 aliphatic carbocycles. The fourth-order valence-corrected chi connectivity index (χ4v) is 5.09. The first-order valence-corrected chi connectivity index (χ1v) is 12.3. The van der Waals surface area contributed by atoms with Gasteiger partial charge in [-0.25, -0.2) is 13.4 Å². The minimum absolute atomic E-state index is 0.205. The normalized spacial score (nSPS) is 14.3. The Bertz CT molecular complexity index is 1410. The number of hydrogen-bond acceptors (Lipinski definition) is 7. The number of amides is 1. The van der Waals surface area contributed by atoms with Gasteiger partial charge in [0.1, 0.15) is 0 Å². The number of aromatic nitrogens is 3. The summed E-state index contributed by atoms with van der Waals surface area (Å²) < 4.78 is 31.5. The van der Waals surface area contributed by atoms with E-state index in [9.17, 15) is 13.2 Å². The zero-order valence-corrected chi connectivity index (χ0v) is 19.1. The monoisotopic (exact) mass is 477 g/mol. The molecule has 0 unspecified atom stereocenters. The number of carbonyl (C=O) groups is 1. The Morgan fingerprint density at radius 3 is 2.38 bits per heavy atom. The van der Waals surface area contributed by atoms with Gasteiger partial charge in [-0.15, -0.1) is 0 Å². The fourth-order valence-electron chi connectivity index (χ4n) is 3.83. The smallest absolute Gasteiger partial charge is 0.253 e. The van der Waals surface area contributed by atoms with Gasteiger partial charge in [-0.05, 0) is 48.0 Å². The number of anilines is 1. The Hall–Kier alpha value is -3.76. The standard InChI is InChI=1S/C24H23N5O4S/c30-24(19-13-18-16-27-28-23(18)25-15-19)26-14-17-1-5-21(6-2-17)34(31,32)22-7-3-20(4-8-22)29-9-11-33-12-10-29/h1-8,13,15-16H,9-12,14H2,(H,26,30)(H,25,27,28). The summed E-state index contributed by atoms with van der Waals surface area (Å²) in [6.45, 7) is 3.18. The predicted octanol–water partition coefficient (Wildman–Crippen LogP) is 2.56. The van der Waals surface area contributed by atoms with Gasteiger partial charge in [0.2, 0.25) is 9.84 Å². The van der Waals surface area contributed by atoms with Crippen molar-refractivity contribution >= 4 is 32.5 Å². The highest BCUT2D eigenvalue weighted by Crippen LogP contribution is 2.24. The number of aromatic amines is 1. The third-order valence-corrected chi connectivity index (χ3v) is 7.55. The first-order valence-electron chi connectivity index (χ1n) is 10.8. The second-order valence-corrected chi connectivity index (χ2v) is 9.90. The van der Waals surface area contributed by atoms with E-state index in [0.717, 1.165) is 29.7 Å². The first kappa shape index (κ1) is 22.1. The number of sulfone groups is 1. The van der Waals surface area contributed by atoms with Gasteiger partial charge in [-0.3, -0.25) is 9.89 Å². The van der Waals surface area contributed by atoms with Crippen molar-refractivity contribution in [3.05, 3.63) is 78.1 Å². The summed E-state index contributed by atoms with van der Waals surface area (Å²) in [6.07, 6.45) is 3.09. The van der Waals surface area contributed by atoms with Crippen molar-refractivity contribution < 1.29 is 17.9 Å². The lowest BCUT2D eigenvalue weighted by Crippen LogP contribution is -2.36. The van der Waals surface area contributed by atoms with Crippen LogP contribution in [-0.2, 0) is 21.1 Å². The summed E-state index contributed by atoms with van der Waals surface area (Å²) >= 11 is 0. The summed E-state index contributed by atoms with van der Waals surface area (Å²) in [5.74, 6) is -0.271. The number of benzene rings is 2. The van der Waals surface area contributed by atoms with E-state index in [4.69, 9.17) is 4.74 Å². The highest BCUT2D eigenvalue weighted by Gasteiger charge is 2.19. The van der Waals surface area contributed by atoms with Crippen molar-refractivity contribution in [2.45, 2.75) is 16.3 Å². The number of fused-ring (bicyclic) bond motifs is 1. The maximum atomic E-state index is 13.1. The molecule has 3 heterocycles. The molecule has 10 heteroatoms. The largest absolute Gasteiger partial charge is 0.378 e. The Balaban J connectivity index is 1.24.